The van der Waals surface area contributed by atoms with Crippen molar-refractivity contribution in [1.29, 1.82) is 0 Å². The van der Waals surface area contributed by atoms with Crippen molar-refractivity contribution < 1.29 is 59.2 Å². The summed E-state index contributed by atoms with van der Waals surface area (Å²) in [5, 5.41) is 54.0. The average molecular weight is 426 g/mol. The summed E-state index contributed by atoms with van der Waals surface area (Å²) >= 11 is 0. The standard InChI is InChI=1S/C10H10O7.C8H8O5/c1-16-10(15)5-2-6(11)9(14)7(3-5)17-4-8(12)13;1-13-8(12)4-2-5(9)7(11)6(10)3-4/h2-3,11,14H,4H2,1H3,(H,12,13);2-3,9-11H,1H3. The van der Waals surface area contributed by atoms with Gasteiger partial charge >= 0.3 is 17.9 Å². The van der Waals surface area contributed by atoms with Crippen molar-refractivity contribution in [3.8, 4) is 34.5 Å². The van der Waals surface area contributed by atoms with Gasteiger partial charge in [-0.1, -0.05) is 0 Å². The molecule has 0 saturated heterocycles. The largest absolute Gasteiger partial charge is 0.504 e. The third-order valence-corrected chi connectivity index (χ3v) is 3.32. The zero-order valence-corrected chi connectivity index (χ0v) is 15.6. The molecule has 30 heavy (non-hydrogen) atoms. The van der Waals surface area contributed by atoms with E-state index >= 15 is 0 Å². The van der Waals surface area contributed by atoms with Crippen LogP contribution in [0.1, 0.15) is 20.7 Å². The molecule has 0 radical (unpaired) electrons. The van der Waals surface area contributed by atoms with Crippen LogP contribution in [0.4, 0.5) is 0 Å². The van der Waals surface area contributed by atoms with E-state index in [0.717, 1.165) is 31.4 Å². The molecule has 0 amide bonds. The van der Waals surface area contributed by atoms with Crippen LogP contribution in [0.5, 0.6) is 34.5 Å². The molecule has 2 aromatic carbocycles. The van der Waals surface area contributed by atoms with Gasteiger partial charge in [0, 0.05) is 0 Å². The lowest BCUT2D eigenvalue weighted by atomic mass is 10.2. The van der Waals surface area contributed by atoms with E-state index in [1.54, 1.807) is 0 Å². The van der Waals surface area contributed by atoms with Crippen molar-refractivity contribution in [2.75, 3.05) is 20.8 Å². The molecule has 12 nitrogen and oxygen atoms in total. The molecule has 0 fully saturated rings. The number of aliphatic carboxylic acids is 1. The van der Waals surface area contributed by atoms with Gasteiger partial charge in [-0.15, -0.1) is 0 Å². The fraction of sp³-hybridized carbons (Fsp3) is 0.167. The second-order valence-corrected chi connectivity index (χ2v) is 5.37. The molecule has 2 aromatic rings. The number of phenols is 5. The molecule has 0 aliphatic rings. The fourth-order valence-electron chi connectivity index (χ4n) is 1.92. The number of esters is 2. The predicted molar refractivity (Wildman–Crippen MR) is 97.0 cm³/mol. The lowest BCUT2D eigenvalue weighted by molar-refractivity contribution is -0.139. The van der Waals surface area contributed by atoms with E-state index in [4.69, 9.17) is 25.2 Å². The summed E-state index contributed by atoms with van der Waals surface area (Å²) in [5.74, 6) is -6.06. The number of benzene rings is 2. The third kappa shape index (κ3) is 6.09. The maximum atomic E-state index is 11.2. The van der Waals surface area contributed by atoms with E-state index in [1.165, 1.54) is 7.11 Å². The Morgan fingerprint density at radius 3 is 1.53 bits per heavy atom. The van der Waals surface area contributed by atoms with Crippen LogP contribution in [0.2, 0.25) is 0 Å². The molecule has 0 saturated carbocycles. The second-order valence-electron chi connectivity index (χ2n) is 5.37. The van der Waals surface area contributed by atoms with Gasteiger partial charge in [0.15, 0.2) is 35.4 Å². The van der Waals surface area contributed by atoms with Gasteiger partial charge in [0.25, 0.3) is 0 Å². The quantitative estimate of drug-likeness (QED) is 0.292. The summed E-state index contributed by atoms with van der Waals surface area (Å²) < 4.78 is 13.4. The van der Waals surface area contributed by atoms with Crippen LogP contribution in [-0.4, -0.2) is 69.4 Å². The van der Waals surface area contributed by atoms with Crippen molar-refractivity contribution >= 4 is 17.9 Å². The molecule has 0 spiro atoms. The molecule has 0 aliphatic heterocycles. The summed E-state index contributed by atoms with van der Waals surface area (Å²) in [7, 11) is 2.31. The van der Waals surface area contributed by atoms with Crippen molar-refractivity contribution in [2.24, 2.45) is 0 Å². The first kappa shape index (κ1) is 23.7. The maximum absolute atomic E-state index is 11.2. The van der Waals surface area contributed by atoms with Gasteiger partial charge in [-0.25, -0.2) is 14.4 Å². The SMILES string of the molecule is COC(=O)c1cc(O)c(O)c(O)c1.COC(=O)c1cc(O)c(O)c(OCC(=O)O)c1. The van der Waals surface area contributed by atoms with E-state index in [9.17, 15) is 24.6 Å². The van der Waals surface area contributed by atoms with E-state index < -0.39 is 53.3 Å². The number of methoxy groups -OCH3 is 2. The maximum Gasteiger partial charge on any atom is 0.341 e. The zero-order valence-electron chi connectivity index (χ0n) is 15.6. The highest BCUT2D eigenvalue weighted by atomic mass is 16.5. The fourth-order valence-corrected chi connectivity index (χ4v) is 1.92. The summed E-state index contributed by atoms with van der Waals surface area (Å²) in [6.45, 7) is -0.711. The Hall–Kier alpha value is -4.35. The molecule has 162 valence electrons. The van der Waals surface area contributed by atoms with Gasteiger partial charge in [-0.2, -0.15) is 0 Å². The molecule has 2 rings (SSSR count). The lowest BCUT2D eigenvalue weighted by Crippen LogP contribution is -2.10. The lowest BCUT2D eigenvalue weighted by Gasteiger charge is -2.09. The van der Waals surface area contributed by atoms with Crippen LogP contribution in [-0.2, 0) is 14.3 Å². The Balaban J connectivity index is 0.000000311. The van der Waals surface area contributed by atoms with Crippen molar-refractivity contribution in [2.45, 2.75) is 0 Å². The third-order valence-electron chi connectivity index (χ3n) is 3.32. The van der Waals surface area contributed by atoms with E-state index in [-0.39, 0.29) is 16.9 Å². The first-order chi connectivity index (χ1) is 14.0. The van der Waals surface area contributed by atoms with Crippen LogP contribution >= 0.6 is 0 Å². The highest BCUT2D eigenvalue weighted by Gasteiger charge is 2.16. The number of hydrogen-bond donors (Lipinski definition) is 6. The Labute approximate surface area is 168 Å². The van der Waals surface area contributed by atoms with Crippen molar-refractivity contribution in [3.05, 3.63) is 35.4 Å². The number of carbonyl (C=O) groups excluding carboxylic acids is 2. The molecule has 0 unspecified atom stereocenters. The number of hydrogen-bond acceptors (Lipinski definition) is 11. The monoisotopic (exact) mass is 426 g/mol. The second kappa shape index (κ2) is 10.3. The Morgan fingerprint density at radius 1 is 0.733 bits per heavy atom. The first-order valence-corrected chi connectivity index (χ1v) is 7.83. The average Bonchev–Trinajstić information content (AvgIpc) is 2.71. The highest BCUT2D eigenvalue weighted by molar-refractivity contribution is 5.91. The zero-order chi connectivity index (χ0) is 23.0. The van der Waals surface area contributed by atoms with E-state index in [2.05, 4.69) is 9.47 Å². The van der Waals surface area contributed by atoms with Gasteiger partial charge in [0.05, 0.1) is 25.3 Å². The predicted octanol–water partition coefficient (Wildman–Crippen LogP) is 0.938. The van der Waals surface area contributed by atoms with Crippen molar-refractivity contribution in [3.63, 3.8) is 0 Å². The Morgan fingerprint density at radius 2 is 1.13 bits per heavy atom. The molecule has 0 atom stereocenters. The van der Waals surface area contributed by atoms with E-state index in [1.807, 2.05) is 0 Å². The smallest absolute Gasteiger partial charge is 0.341 e. The summed E-state index contributed by atoms with van der Waals surface area (Å²) in [4.78, 5) is 32.4. The normalized spacial score (nSPS) is 9.67. The first-order valence-electron chi connectivity index (χ1n) is 7.83. The van der Waals surface area contributed by atoms with Crippen LogP contribution in [0.3, 0.4) is 0 Å². The molecule has 0 bridgehead atoms. The van der Waals surface area contributed by atoms with Gasteiger partial charge in [-0.3, -0.25) is 0 Å². The Bertz CT molecular complexity index is 927. The summed E-state index contributed by atoms with van der Waals surface area (Å²) in [5.41, 5.74) is -0.0986. The molecule has 12 heteroatoms. The number of aromatic hydroxyl groups is 5. The minimum atomic E-state index is -1.26. The minimum absolute atomic E-state index is 0.0321. The minimum Gasteiger partial charge on any atom is -0.504 e. The van der Waals surface area contributed by atoms with Gasteiger partial charge in [-0.05, 0) is 24.3 Å². The molecule has 0 aromatic heterocycles. The number of carboxylic acid groups (broad SMARTS) is 1. The molecule has 0 aliphatic carbocycles. The molecular formula is C18H18O12. The van der Waals surface area contributed by atoms with E-state index in [0.29, 0.717) is 0 Å². The molecule has 0 heterocycles. The topological polar surface area (TPSA) is 200 Å². The van der Waals surface area contributed by atoms with Crippen LogP contribution in [0.15, 0.2) is 24.3 Å². The number of rotatable bonds is 5. The van der Waals surface area contributed by atoms with Gasteiger partial charge in [0.2, 0.25) is 5.75 Å². The number of phenolic OH excluding ortho intramolecular Hbond substituents is 5. The Kier molecular flexibility index (Phi) is 8.11. The molecular weight excluding hydrogens is 408 g/mol. The van der Waals surface area contributed by atoms with Gasteiger partial charge in [0.1, 0.15) is 0 Å². The van der Waals surface area contributed by atoms with Gasteiger partial charge < -0.3 is 44.8 Å². The van der Waals surface area contributed by atoms with Crippen molar-refractivity contribution in [1.82, 2.24) is 0 Å². The summed E-state index contributed by atoms with van der Waals surface area (Å²) in [6.07, 6.45) is 0. The number of carbonyl (C=O) groups is 3. The highest BCUT2D eigenvalue weighted by Crippen LogP contribution is 2.37. The summed E-state index contributed by atoms with van der Waals surface area (Å²) in [6, 6.07) is 4.06. The number of ether oxygens (including phenoxy) is 3. The molecule has 6 N–H and O–H groups in total. The van der Waals surface area contributed by atoms with Crippen LogP contribution in [0, 0.1) is 0 Å². The number of carboxylic acids is 1. The van der Waals surface area contributed by atoms with Crippen LogP contribution < -0.4 is 4.74 Å². The van der Waals surface area contributed by atoms with Crippen LogP contribution in [0.25, 0.3) is 0 Å².